The van der Waals surface area contributed by atoms with Crippen molar-refractivity contribution in [3.05, 3.63) is 160 Å². The number of halogens is 4. The number of thiazole rings is 1. The minimum absolute atomic E-state index is 0.0136. The topological polar surface area (TPSA) is 264 Å². The lowest BCUT2D eigenvalue weighted by Crippen LogP contribution is -2.62. The highest BCUT2D eigenvalue weighted by atomic mass is 35.5. The van der Waals surface area contributed by atoms with Gasteiger partial charge < -0.3 is 45.4 Å². The van der Waals surface area contributed by atoms with E-state index in [0.717, 1.165) is 148 Å². The Kier molecular flexibility index (Phi) is 28.4. The van der Waals surface area contributed by atoms with E-state index in [1.165, 1.54) is 45.5 Å². The van der Waals surface area contributed by atoms with Crippen LogP contribution in [0.1, 0.15) is 151 Å². The number of alkyl halides is 3. The molecule has 6 aromatic rings. The van der Waals surface area contributed by atoms with Crippen LogP contribution in [0.2, 0.25) is 5.02 Å². The lowest BCUT2D eigenvalue weighted by Gasteiger charge is -2.55. The van der Waals surface area contributed by atoms with Gasteiger partial charge in [-0.15, -0.1) is 23.1 Å². The largest absolute Gasteiger partial charge is 0.501 e. The monoisotopic (exact) mass is 1680 g/mol. The first kappa shape index (κ1) is 86.9. The zero-order valence-corrected chi connectivity index (χ0v) is 70.6. The number of aliphatic hydroxyl groups excluding tert-OH is 1. The number of hydrogen-bond donors (Lipinski definition) is 5. The lowest BCUT2D eigenvalue weighted by atomic mass is 9.69. The van der Waals surface area contributed by atoms with E-state index in [2.05, 4.69) is 59.6 Å². The van der Waals surface area contributed by atoms with Gasteiger partial charge in [0.25, 0.3) is 25.8 Å². The third-order valence-electron chi connectivity index (χ3n) is 23.6. The molecule has 5 N–H and O–H groups in total. The standard InChI is InChI=1S/C85H109ClF3N11O11S4/c1-58(60-18-20-62(21-19-60)77-59(2)90-57-113-77)91-80(105)73-48-68(101)52-100(73)81(106)78(82(3,4)5)93-75(102)16-12-7-8-13-17-76(103)99-55-84(56-99)35-38-97(39-36-84)54-83(6)34-32-71(61-22-26-65(86)27-23-61)64(50-83)51-96-40-42-98(43-41-96)67-28-24-63(25-29-67)79(104)94-115(109,110)70-30-31-72(74(49-70)114(107,108)85(87,88)89)92-66(33-37-95-44-46-111-47-45-95)53-112-69-14-10-9-11-15-69/h9-11,14-15,18-31,49,57-58,66,68,73,78,92,101H,7-8,12-13,16-17,32-48,50-56H2,1-6H3,(H,91,105)(H,93,102)(H,94,104)/t58-,66+,68+,73-,78+,83?/m0/s1. The number of nitrogens with zero attached hydrogens (tertiary/aromatic N) is 7. The van der Waals surface area contributed by atoms with Crippen molar-refractivity contribution >= 4 is 101 Å². The highest BCUT2D eigenvalue weighted by molar-refractivity contribution is 7.99. The number of β-amino-alcohol motifs (C(OH)–C–C–N with tert-alkyl or cyclic N) is 1. The molecule has 5 amide bonds. The third kappa shape index (κ3) is 22.3. The smallest absolute Gasteiger partial charge is 0.391 e. The molecule has 0 radical (unpaired) electrons. The molecule has 1 aliphatic carbocycles. The van der Waals surface area contributed by atoms with E-state index >= 15 is 0 Å². The van der Waals surface area contributed by atoms with Crippen LogP contribution in [0.15, 0.2) is 147 Å². The van der Waals surface area contributed by atoms with Crippen molar-refractivity contribution in [2.75, 3.05) is 121 Å². The number of carbonyl (C=O) groups excluding carboxylic acids is 5. The second-order valence-electron chi connectivity index (χ2n) is 33.5. The van der Waals surface area contributed by atoms with E-state index in [1.807, 2.05) is 116 Å². The molecule has 1 unspecified atom stereocenters. The van der Waals surface area contributed by atoms with Gasteiger partial charge in [-0.05, 0) is 178 Å². The van der Waals surface area contributed by atoms with E-state index in [1.54, 1.807) is 23.5 Å². The summed E-state index contributed by atoms with van der Waals surface area (Å²) in [7, 11) is -11.0. The Labute approximate surface area is 688 Å². The molecule has 12 rings (SSSR count). The zero-order chi connectivity index (χ0) is 82.0. The number of aryl methyl sites for hydroxylation is 1. The Bertz CT molecular complexity index is 4640. The van der Waals surface area contributed by atoms with Gasteiger partial charge in [-0.2, -0.15) is 13.2 Å². The Hall–Kier alpha value is -7.45. The van der Waals surface area contributed by atoms with E-state index in [0.29, 0.717) is 82.0 Å². The fraction of sp³-hybridized carbons (Fsp3) is 0.529. The summed E-state index contributed by atoms with van der Waals surface area (Å²) in [5.41, 5.74) is 2.70. The van der Waals surface area contributed by atoms with E-state index in [-0.39, 0.29) is 59.5 Å². The predicted octanol–water partition coefficient (Wildman–Crippen LogP) is 12.9. The summed E-state index contributed by atoms with van der Waals surface area (Å²) in [4.78, 5) is 85.9. The number of sulfone groups is 1. The fourth-order valence-corrected chi connectivity index (χ4v) is 20.8. The molecule has 0 saturated carbocycles. The molecule has 1 spiro atoms. The van der Waals surface area contributed by atoms with Crippen molar-refractivity contribution in [3.8, 4) is 10.4 Å². The van der Waals surface area contributed by atoms with Crippen LogP contribution in [0.25, 0.3) is 16.0 Å². The number of thioether (sulfide) groups is 1. The molecule has 6 heterocycles. The maximum atomic E-state index is 14.4. The first-order valence-electron chi connectivity index (χ1n) is 40.1. The summed E-state index contributed by atoms with van der Waals surface area (Å²) in [5, 5.41) is 20.5. The Morgan fingerprint density at radius 2 is 1.44 bits per heavy atom. The second-order valence-corrected chi connectivity index (χ2v) is 39.4. The average Bonchev–Trinajstić information content (AvgIpc) is 1.42. The van der Waals surface area contributed by atoms with Crippen LogP contribution in [0.3, 0.4) is 0 Å². The van der Waals surface area contributed by atoms with Gasteiger partial charge in [0.05, 0.1) is 52.0 Å². The van der Waals surface area contributed by atoms with Crippen LogP contribution in [-0.2, 0) is 43.8 Å². The van der Waals surface area contributed by atoms with E-state index in [9.17, 15) is 59.1 Å². The minimum Gasteiger partial charge on any atom is -0.391 e. The number of piperazine rings is 1. The number of morpholine rings is 1. The van der Waals surface area contributed by atoms with Crippen LogP contribution in [0.5, 0.6) is 0 Å². The van der Waals surface area contributed by atoms with Crippen molar-refractivity contribution in [2.45, 2.75) is 175 Å². The fourth-order valence-electron chi connectivity index (χ4n) is 16.8. The normalized spacial score (nSPS) is 20.8. The number of allylic oxidation sites excluding steroid dienone is 1. The summed E-state index contributed by atoms with van der Waals surface area (Å²) >= 11 is 9.43. The number of sulfonamides is 1. The van der Waals surface area contributed by atoms with Gasteiger partial charge in [0.15, 0.2) is 0 Å². The van der Waals surface area contributed by atoms with Crippen LogP contribution >= 0.6 is 34.7 Å². The van der Waals surface area contributed by atoms with Crippen molar-refractivity contribution in [2.24, 2.45) is 16.2 Å². The van der Waals surface area contributed by atoms with Crippen LogP contribution in [-0.4, -0.2) is 221 Å². The van der Waals surface area contributed by atoms with Crippen molar-refractivity contribution in [1.82, 2.24) is 44.8 Å². The summed E-state index contributed by atoms with van der Waals surface area (Å²) in [6, 6.07) is 31.5. The summed E-state index contributed by atoms with van der Waals surface area (Å²) in [6.45, 7) is 22.9. The molecular formula is C85H109ClF3N11O11S4. The molecule has 0 bridgehead atoms. The number of unbranched alkanes of at least 4 members (excludes halogenated alkanes) is 3. The summed E-state index contributed by atoms with van der Waals surface area (Å²) < 4.78 is 105. The number of piperidine rings is 1. The van der Waals surface area contributed by atoms with Crippen LogP contribution in [0.4, 0.5) is 24.5 Å². The van der Waals surface area contributed by atoms with Crippen LogP contribution in [0, 0.1) is 23.2 Å². The lowest BCUT2D eigenvalue weighted by molar-refractivity contribution is -0.147. The minimum atomic E-state index is -6.11. The molecule has 5 fully saturated rings. The van der Waals surface area contributed by atoms with Gasteiger partial charge in [0.1, 0.15) is 17.0 Å². The molecule has 622 valence electrons. The molecule has 1 aromatic heterocycles. The maximum Gasteiger partial charge on any atom is 0.501 e. The first-order chi connectivity index (χ1) is 54.7. The number of hydrogen-bond acceptors (Lipinski definition) is 19. The maximum absolute atomic E-state index is 14.4. The molecule has 115 heavy (non-hydrogen) atoms. The molecule has 6 atom stereocenters. The van der Waals surface area contributed by atoms with Gasteiger partial charge in [-0.25, -0.2) is 26.5 Å². The van der Waals surface area contributed by atoms with E-state index in [4.69, 9.17) is 16.3 Å². The van der Waals surface area contributed by atoms with Gasteiger partial charge >= 0.3 is 5.51 Å². The predicted molar refractivity (Wildman–Crippen MR) is 445 cm³/mol. The number of carbonyl (C=O) groups is 5. The highest BCUT2D eigenvalue weighted by Crippen LogP contribution is 2.47. The molecule has 5 aromatic carbocycles. The van der Waals surface area contributed by atoms with Crippen molar-refractivity contribution in [1.29, 1.82) is 0 Å². The zero-order valence-electron chi connectivity index (χ0n) is 66.5. The molecule has 6 aliphatic rings. The molecule has 30 heteroatoms. The molecule has 5 aliphatic heterocycles. The first-order valence-corrected chi connectivity index (χ1v) is 45.3. The number of anilines is 2. The molecule has 5 saturated heterocycles. The number of rotatable bonds is 31. The average molecular weight is 1680 g/mol. The number of amides is 5. The van der Waals surface area contributed by atoms with Gasteiger partial charge in [0, 0.05) is 136 Å². The third-order valence-corrected chi connectivity index (χ3v) is 28.8. The highest BCUT2D eigenvalue weighted by Gasteiger charge is 2.50. The van der Waals surface area contributed by atoms with E-state index < -0.39 is 82.3 Å². The van der Waals surface area contributed by atoms with Crippen molar-refractivity contribution in [3.63, 3.8) is 0 Å². The number of likely N-dealkylation sites (tertiary alicyclic amines) is 3. The summed E-state index contributed by atoms with van der Waals surface area (Å²) in [6.07, 6.45) is 8.12. The van der Waals surface area contributed by atoms with Crippen LogP contribution < -0.4 is 25.6 Å². The quantitative estimate of drug-likeness (QED) is 0.0200. The molecular weight excluding hydrogens is 1570 g/mol. The number of ether oxygens (including phenoxy) is 1. The number of aromatic nitrogens is 1. The second kappa shape index (κ2) is 37.7. The van der Waals surface area contributed by atoms with Gasteiger partial charge in [-0.3, -0.25) is 33.8 Å². The van der Waals surface area contributed by atoms with Gasteiger partial charge in [0.2, 0.25) is 23.6 Å². The number of nitrogens with one attached hydrogen (secondary N) is 4. The van der Waals surface area contributed by atoms with Gasteiger partial charge in [-0.1, -0.05) is 112 Å². The SMILES string of the molecule is Cc1ncsc1-c1ccc([C@H](C)NC(=O)[C@@H]2C[C@@H](O)CN2C(=O)[C@@H](NC(=O)CCCCCCC(=O)N2CC3(CCN(CC4(C)CCC(c5ccc(Cl)cc5)=C(CN5CCN(c6ccc(C(=O)NS(=O)(=O)c7ccc(N[C@H](CCN8CCOCC8)CSc8ccccc8)c(S(=O)(=O)C(F)(F)F)c7)cc6)CC5)C4)CC3)C2)C(C)(C)C)cc1. The Morgan fingerprint density at radius 1 is 0.774 bits per heavy atom. The number of aliphatic hydroxyl groups is 1. The Balaban J connectivity index is 0.573. The Morgan fingerprint density at radius 3 is 2.10 bits per heavy atom. The molecule has 22 nitrogen and oxygen atoms in total. The summed E-state index contributed by atoms with van der Waals surface area (Å²) in [5.74, 6) is -1.56. The number of benzene rings is 5. The van der Waals surface area contributed by atoms with Crippen molar-refractivity contribution < 1.29 is 63.8 Å².